The minimum absolute atomic E-state index is 0.0892. The van der Waals surface area contributed by atoms with Crippen LogP contribution in [0.25, 0.3) is 0 Å². The molecule has 0 saturated heterocycles. The Morgan fingerprint density at radius 3 is 2.33 bits per heavy atom. The van der Waals surface area contributed by atoms with Gasteiger partial charge in [-0.2, -0.15) is 0 Å². The highest BCUT2D eigenvalue weighted by Crippen LogP contribution is 2.10. The Balaban J connectivity index is 2.33. The van der Waals surface area contributed by atoms with Crippen molar-refractivity contribution in [1.82, 2.24) is 9.55 Å². The number of hydrogen-bond donors (Lipinski definition) is 0. The number of aromatic nitrogens is 2. The van der Waals surface area contributed by atoms with Gasteiger partial charge in [-0.1, -0.05) is 49.1 Å². The van der Waals surface area contributed by atoms with Crippen molar-refractivity contribution in [2.75, 3.05) is 7.11 Å². The Hall–Kier alpha value is -1.88. The summed E-state index contributed by atoms with van der Waals surface area (Å²) in [4.78, 5) is 16.4. The van der Waals surface area contributed by atoms with Gasteiger partial charge in [0, 0.05) is 11.8 Å². The zero-order chi connectivity index (χ0) is 15.6. The maximum atomic E-state index is 12.1. The third kappa shape index (κ3) is 3.61. The van der Waals surface area contributed by atoms with Gasteiger partial charge in [0.15, 0.2) is 0 Å². The van der Waals surface area contributed by atoms with Crippen LogP contribution < -0.4 is 15.5 Å². The van der Waals surface area contributed by atoms with E-state index in [0.29, 0.717) is 18.2 Å². The fraction of sp³-hybridized carbons (Fsp3) is 0.375. The highest BCUT2D eigenvalue weighted by atomic mass is 28.3. The van der Waals surface area contributed by atoms with Gasteiger partial charge >= 0.3 is 0 Å². The first-order valence-corrected chi connectivity index (χ1v) is 10.5. The summed E-state index contributed by atoms with van der Waals surface area (Å²) in [5.41, 5.74) is 1.65. The van der Waals surface area contributed by atoms with Gasteiger partial charge in [0.05, 0.1) is 21.7 Å². The normalized spacial score (nSPS) is 11.5. The van der Waals surface area contributed by atoms with Gasteiger partial charge in [0.25, 0.3) is 11.6 Å². The lowest BCUT2D eigenvalue weighted by atomic mass is 10.2. The molecule has 0 fully saturated rings. The summed E-state index contributed by atoms with van der Waals surface area (Å²) in [5, 5.41) is 1.41. The molecule has 2 rings (SSSR count). The molecule has 112 valence electrons. The molecule has 1 aromatic carbocycles. The molecule has 0 bridgehead atoms. The van der Waals surface area contributed by atoms with Gasteiger partial charge in [0.1, 0.15) is 0 Å². The highest BCUT2D eigenvalue weighted by Gasteiger charge is 2.16. The molecule has 0 saturated carbocycles. The SMILES string of the molecule is COc1nc(C)cc(=O)n1Cc1ccc([Si](C)(C)C)cc1. The van der Waals surface area contributed by atoms with E-state index in [1.165, 1.54) is 18.4 Å². The average molecular weight is 302 g/mol. The van der Waals surface area contributed by atoms with Crippen LogP contribution in [0.2, 0.25) is 19.6 Å². The summed E-state index contributed by atoms with van der Waals surface area (Å²) >= 11 is 0. The Morgan fingerprint density at radius 2 is 1.81 bits per heavy atom. The molecule has 21 heavy (non-hydrogen) atoms. The van der Waals surface area contributed by atoms with Gasteiger partial charge in [-0.25, -0.2) is 4.98 Å². The van der Waals surface area contributed by atoms with Crippen molar-refractivity contribution in [2.24, 2.45) is 0 Å². The van der Waals surface area contributed by atoms with E-state index in [1.54, 1.807) is 11.5 Å². The molecule has 0 unspecified atom stereocenters. The fourth-order valence-corrected chi connectivity index (χ4v) is 3.36. The van der Waals surface area contributed by atoms with Gasteiger partial charge in [-0.05, 0) is 12.5 Å². The molecule has 4 nitrogen and oxygen atoms in total. The largest absolute Gasteiger partial charge is 0.468 e. The third-order valence-corrected chi connectivity index (χ3v) is 5.51. The number of benzene rings is 1. The Morgan fingerprint density at radius 1 is 1.19 bits per heavy atom. The number of rotatable bonds is 4. The Labute approximate surface area is 126 Å². The van der Waals surface area contributed by atoms with Gasteiger partial charge in [-0.3, -0.25) is 9.36 Å². The first-order chi connectivity index (χ1) is 9.81. The summed E-state index contributed by atoms with van der Waals surface area (Å²) in [5.74, 6) is 0. The summed E-state index contributed by atoms with van der Waals surface area (Å²) in [7, 11) is 0.244. The molecule has 0 amide bonds. The second kappa shape index (κ2) is 5.85. The maximum Gasteiger partial charge on any atom is 0.299 e. The number of methoxy groups -OCH3 is 1. The quantitative estimate of drug-likeness (QED) is 0.813. The fourth-order valence-electron chi connectivity index (χ4n) is 2.19. The molecule has 5 heteroatoms. The summed E-state index contributed by atoms with van der Waals surface area (Å²) < 4.78 is 6.77. The van der Waals surface area contributed by atoms with Crippen LogP contribution in [0.1, 0.15) is 11.3 Å². The van der Waals surface area contributed by atoms with Crippen molar-refractivity contribution in [1.29, 1.82) is 0 Å². The molecule has 0 aliphatic rings. The molecule has 2 aromatic rings. The monoisotopic (exact) mass is 302 g/mol. The van der Waals surface area contributed by atoms with Crippen LogP contribution in [0.15, 0.2) is 35.1 Å². The summed E-state index contributed by atoms with van der Waals surface area (Å²) in [6.45, 7) is 9.22. The van der Waals surface area contributed by atoms with E-state index in [9.17, 15) is 4.79 Å². The van der Waals surface area contributed by atoms with Crippen LogP contribution in [-0.2, 0) is 6.54 Å². The second-order valence-corrected chi connectivity index (χ2v) is 11.3. The number of hydrogen-bond acceptors (Lipinski definition) is 3. The lowest BCUT2D eigenvalue weighted by Gasteiger charge is -2.17. The Kier molecular flexibility index (Phi) is 4.32. The van der Waals surface area contributed by atoms with Crippen LogP contribution in [0, 0.1) is 6.92 Å². The van der Waals surface area contributed by atoms with Crippen molar-refractivity contribution in [3.63, 3.8) is 0 Å². The first kappa shape index (κ1) is 15.5. The lowest BCUT2D eigenvalue weighted by molar-refractivity contribution is 0.350. The van der Waals surface area contributed by atoms with E-state index >= 15 is 0 Å². The molecular weight excluding hydrogens is 280 g/mol. The zero-order valence-corrected chi connectivity index (χ0v) is 14.3. The average Bonchev–Trinajstić information content (AvgIpc) is 2.41. The van der Waals surface area contributed by atoms with E-state index in [0.717, 1.165) is 5.56 Å². The molecule has 1 heterocycles. The predicted molar refractivity (Wildman–Crippen MR) is 88.3 cm³/mol. The standard InChI is InChI=1S/C16H22N2O2Si/c1-12-10-15(19)18(16(17-12)20-2)11-13-6-8-14(9-7-13)21(3,4)5/h6-10H,11H2,1-5H3. The number of ether oxygens (including phenoxy) is 1. The van der Waals surface area contributed by atoms with Gasteiger partial charge in [0.2, 0.25) is 0 Å². The molecule has 1 aromatic heterocycles. The molecule has 0 spiro atoms. The van der Waals surface area contributed by atoms with E-state index in [4.69, 9.17) is 4.74 Å². The molecular formula is C16H22N2O2Si. The topological polar surface area (TPSA) is 44.1 Å². The van der Waals surface area contributed by atoms with Crippen molar-refractivity contribution >= 4 is 13.3 Å². The first-order valence-electron chi connectivity index (χ1n) is 7.03. The van der Waals surface area contributed by atoms with Gasteiger partial charge < -0.3 is 4.74 Å². The highest BCUT2D eigenvalue weighted by molar-refractivity contribution is 6.88. The van der Waals surface area contributed by atoms with Crippen molar-refractivity contribution in [2.45, 2.75) is 33.1 Å². The van der Waals surface area contributed by atoms with Crippen LogP contribution in [0.3, 0.4) is 0 Å². The van der Waals surface area contributed by atoms with E-state index in [1.807, 2.05) is 0 Å². The Bertz CT molecular complexity index is 685. The maximum absolute atomic E-state index is 12.1. The van der Waals surface area contributed by atoms with Crippen LogP contribution >= 0.6 is 0 Å². The second-order valence-electron chi connectivity index (χ2n) is 6.26. The van der Waals surface area contributed by atoms with Crippen molar-refractivity contribution in [3.05, 3.63) is 51.9 Å². The van der Waals surface area contributed by atoms with Crippen molar-refractivity contribution < 1.29 is 4.74 Å². The minimum Gasteiger partial charge on any atom is -0.468 e. The lowest BCUT2D eigenvalue weighted by Crippen LogP contribution is -2.37. The van der Waals surface area contributed by atoms with E-state index in [2.05, 4.69) is 48.9 Å². The number of nitrogens with zero attached hydrogens (tertiary/aromatic N) is 2. The van der Waals surface area contributed by atoms with Crippen LogP contribution in [0.5, 0.6) is 6.01 Å². The molecule has 0 radical (unpaired) electrons. The zero-order valence-electron chi connectivity index (χ0n) is 13.3. The molecule has 0 atom stereocenters. The predicted octanol–water partition coefficient (Wildman–Crippen LogP) is 2.15. The van der Waals surface area contributed by atoms with Crippen LogP contribution in [-0.4, -0.2) is 24.7 Å². The van der Waals surface area contributed by atoms with Crippen LogP contribution in [0.4, 0.5) is 0 Å². The molecule has 0 aliphatic carbocycles. The van der Waals surface area contributed by atoms with Crippen molar-refractivity contribution in [3.8, 4) is 6.01 Å². The summed E-state index contributed by atoms with van der Waals surface area (Å²) in [6.07, 6.45) is 0. The molecule has 0 aliphatic heterocycles. The molecule has 0 N–H and O–H groups in total. The minimum atomic E-state index is -1.29. The summed E-state index contributed by atoms with van der Waals surface area (Å²) in [6, 6.07) is 10.4. The van der Waals surface area contributed by atoms with Gasteiger partial charge in [-0.15, -0.1) is 0 Å². The smallest absolute Gasteiger partial charge is 0.299 e. The van der Waals surface area contributed by atoms with E-state index in [-0.39, 0.29) is 5.56 Å². The third-order valence-electron chi connectivity index (χ3n) is 3.44. The van der Waals surface area contributed by atoms with E-state index < -0.39 is 8.07 Å². The number of aryl methyl sites for hydroxylation is 1.